The molecule has 3 aromatic rings. The van der Waals surface area contributed by atoms with E-state index in [0.717, 1.165) is 5.69 Å². The summed E-state index contributed by atoms with van der Waals surface area (Å²) < 4.78 is 10.4. The lowest BCUT2D eigenvalue weighted by molar-refractivity contribution is 0.102. The van der Waals surface area contributed by atoms with Gasteiger partial charge in [-0.25, -0.2) is 9.97 Å². The third kappa shape index (κ3) is 2.31. The summed E-state index contributed by atoms with van der Waals surface area (Å²) in [5.74, 6) is 0.802. The predicted molar refractivity (Wildman–Crippen MR) is 71.1 cm³/mol. The Hall–Kier alpha value is -2.89. The molecule has 6 heteroatoms. The van der Waals surface area contributed by atoms with E-state index >= 15 is 0 Å². The maximum atomic E-state index is 12.2. The number of amides is 1. The number of aromatic nitrogens is 2. The minimum Gasteiger partial charge on any atom is -0.461 e. The quantitative estimate of drug-likeness (QED) is 0.790. The number of rotatable bonds is 3. The van der Waals surface area contributed by atoms with Gasteiger partial charge in [-0.3, -0.25) is 4.79 Å². The van der Waals surface area contributed by atoms with E-state index in [2.05, 4.69) is 15.3 Å². The van der Waals surface area contributed by atoms with Gasteiger partial charge in [0.15, 0.2) is 17.8 Å². The highest BCUT2D eigenvalue weighted by molar-refractivity contribution is 6.05. The van der Waals surface area contributed by atoms with Gasteiger partial charge in [-0.2, -0.15) is 0 Å². The van der Waals surface area contributed by atoms with Crippen LogP contribution in [0.15, 0.2) is 51.8 Å². The molecule has 0 bridgehead atoms. The third-order valence-corrected chi connectivity index (χ3v) is 2.66. The highest BCUT2D eigenvalue weighted by Crippen LogP contribution is 2.23. The normalized spacial score (nSPS) is 10.4. The highest BCUT2D eigenvalue weighted by atomic mass is 16.4. The van der Waals surface area contributed by atoms with E-state index in [9.17, 15) is 4.79 Å². The average molecular weight is 269 g/mol. The lowest BCUT2D eigenvalue weighted by atomic mass is 10.2. The van der Waals surface area contributed by atoms with Crippen LogP contribution in [-0.2, 0) is 0 Å². The Kier molecular flexibility index (Phi) is 3.04. The molecule has 0 atom stereocenters. The molecule has 1 N–H and O–H groups in total. The van der Waals surface area contributed by atoms with Crippen molar-refractivity contribution in [2.75, 3.05) is 5.32 Å². The summed E-state index contributed by atoms with van der Waals surface area (Å²) in [6.07, 6.45) is 2.71. The van der Waals surface area contributed by atoms with Crippen LogP contribution in [0.1, 0.15) is 16.2 Å². The maximum absolute atomic E-state index is 12.2. The molecule has 0 aliphatic rings. The molecule has 0 aliphatic carbocycles. The summed E-state index contributed by atoms with van der Waals surface area (Å²) in [4.78, 5) is 20.3. The first-order valence-corrected chi connectivity index (χ1v) is 5.96. The van der Waals surface area contributed by atoms with E-state index in [1.54, 1.807) is 18.2 Å². The number of hydrogen-bond donors (Lipinski definition) is 1. The molecular formula is C14H11N3O3. The molecule has 3 aromatic heterocycles. The lowest BCUT2D eigenvalue weighted by Crippen LogP contribution is -2.14. The Morgan fingerprint density at radius 2 is 2.10 bits per heavy atom. The number of carbonyl (C=O) groups is 1. The van der Waals surface area contributed by atoms with Crippen LogP contribution >= 0.6 is 0 Å². The molecule has 0 saturated heterocycles. The number of oxazole rings is 1. The number of furan rings is 1. The van der Waals surface area contributed by atoms with Crippen LogP contribution in [0.5, 0.6) is 0 Å². The van der Waals surface area contributed by atoms with Crippen LogP contribution in [0.3, 0.4) is 0 Å². The summed E-state index contributed by atoms with van der Waals surface area (Å²) in [6.45, 7) is 1.85. The summed E-state index contributed by atoms with van der Waals surface area (Å²) in [5.41, 5.74) is 0.970. The largest absolute Gasteiger partial charge is 0.461 e. The zero-order valence-electron chi connectivity index (χ0n) is 10.7. The van der Waals surface area contributed by atoms with E-state index in [0.29, 0.717) is 17.3 Å². The predicted octanol–water partition coefficient (Wildman–Crippen LogP) is 2.89. The fourth-order valence-electron chi connectivity index (χ4n) is 1.78. The number of hydrogen-bond acceptors (Lipinski definition) is 5. The Balaban J connectivity index is 1.87. The SMILES string of the molecule is Cc1cccc(NC(=O)c2ncoc2-c2ccco2)n1. The van der Waals surface area contributed by atoms with Crippen molar-refractivity contribution in [3.63, 3.8) is 0 Å². The van der Waals surface area contributed by atoms with Crippen molar-refractivity contribution in [1.82, 2.24) is 9.97 Å². The standard InChI is InChI=1S/C14H11N3O3/c1-9-4-2-6-11(16-9)17-14(18)12-13(20-8-15-12)10-5-3-7-19-10/h2-8H,1H3,(H,16,17,18). The summed E-state index contributed by atoms with van der Waals surface area (Å²) in [5, 5.41) is 2.67. The van der Waals surface area contributed by atoms with Crippen molar-refractivity contribution in [3.8, 4) is 11.5 Å². The van der Waals surface area contributed by atoms with Gasteiger partial charge in [0.05, 0.1) is 6.26 Å². The maximum Gasteiger partial charge on any atom is 0.279 e. The van der Waals surface area contributed by atoms with E-state index < -0.39 is 5.91 Å². The van der Waals surface area contributed by atoms with E-state index in [1.165, 1.54) is 12.7 Å². The molecule has 0 unspecified atom stereocenters. The zero-order chi connectivity index (χ0) is 13.9. The van der Waals surface area contributed by atoms with Gasteiger partial charge < -0.3 is 14.2 Å². The molecule has 0 aromatic carbocycles. The molecule has 0 fully saturated rings. The lowest BCUT2D eigenvalue weighted by Gasteiger charge is -2.03. The molecule has 3 heterocycles. The third-order valence-electron chi connectivity index (χ3n) is 2.66. The highest BCUT2D eigenvalue weighted by Gasteiger charge is 2.20. The second-order valence-corrected chi connectivity index (χ2v) is 4.13. The van der Waals surface area contributed by atoms with Crippen LogP contribution < -0.4 is 5.32 Å². The van der Waals surface area contributed by atoms with Crippen LogP contribution in [0.25, 0.3) is 11.5 Å². The molecule has 0 saturated carbocycles. The van der Waals surface area contributed by atoms with Gasteiger partial charge in [-0.1, -0.05) is 6.07 Å². The zero-order valence-corrected chi connectivity index (χ0v) is 10.7. The first-order valence-electron chi connectivity index (χ1n) is 5.96. The first-order chi connectivity index (χ1) is 9.74. The average Bonchev–Trinajstić information content (AvgIpc) is 3.09. The molecule has 1 amide bonds. The van der Waals surface area contributed by atoms with Crippen molar-refractivity contribution in [2.24, 2.45) is 0 Å². The van der Waals surface area contributed by atoms with Gasteiger partial charge in [0.25, 0.3) is 5.91 Å². The van der Waals surface area contributed by atoms with Gasteiger partial charge in [0, 0.05) is 5.69 Å². The van der Waals surface area contributed by atoms with Gasteiger partial charge in [0.1, 0.15) is 5.82 Å². The van der Waals surface area contributed by atoms with Crippen LogP contribution in [-0.4, -0.2) is 15.9 Å². The first kappa shape index (κ1) is 12.2. The van der Waals surface area contributed by atoms with Crippen molar-refractivity contribution in [1.29, 1.82) is 0 Å². The van der Waals surface area contributed by atoms with Gasteiger partial charge in [0.2, 0.25) is 5.76 Å². The van der Waals surface area contributed by atoms with E-state index in [1.807, 2.05) is 19.1 Å². The monoisotopic (exact) mass is 269 g/mol. The fraction of sp³-hybridized carbons (Fsp3) is 0.0714. The number of anilines is 1. The summed E-state index contributed by atoms with van der Waals surface area (Å²) >= 11 is 0. The van der Waals surface area contributed by atoms with Crippen molar-refractivity contribution >= 4 is 11.7 Å². The van der Waals surface area contributed by atoms with Gasteiger partial charge in [-0.15, -0.1) is 0 Å². The molecule has 0 radical (unpaired) electrons. The summed E-state index contributed by atoms with van der Waals surface area (Å²) in [7, 11) is 0. The molecule has 20 heavy (non-hydrogen) atoms. The minimum absolute atomic E-state index is 0.156. The number of carbonyl (C=O) groups excluding carboxylic acids is 1. The van der Waals surface area contributed by atoms with Crippen LogP contribution in [0.4, 0.5) is 5.82 Å². The van der Waals surface area contributed by atoms with E-state index in [-0.39, 0.29) is 5.69 Å². The molecule has 3 rings (SSSR count). The number of aryl methyl sites for hydroxylation is 1. The molecular weight excluding hydrogens is 258 g/mol. The Morgan fingerprint density at radius 3 is 2.85 bits per heavy atom. The molecule has 100 valence electrons. The Labute approximate surface area is 114 Å². The fourth-order valence-corrected chi connectivity index (χ4v) is 1.78. The second kappa shape index (κ2) is 5.00. The van der Waals surface area contributed by atoms with Gasteiger partial charge >= 0.3 is 0 Å². The Morgan fingerprint density at radius 1 is 1.20 bits per heavy atom. The second-order valence-electron chi connectivity index (χ2n) is 4.13. The number of pyridine rings is 1. The van der Waals surface area contributed by atoms with Gasteiger partial charge in [-0.05, 0) is 31.2 Å². The van der Waals surface area contributed by atoms with Crippen LogP contribution in [0.2, 0.25) is 0 Å². The van der Waals surface area contributed by atoms with Crippen molar-refractivity contribution in [3.05, 3.63) is 54.4 Å². The van der Waals surface area contributed by atoms with Crippen molar-refractivity contribution < 1.29 is 13.6 Å². The topological polar surface area (TPSA) is 81.2 Å². The number of nitrogens with one attached hydrogen (secondary N) is 1. The Bertz CT molecular complexity index is 732. The summed E-state index contributed by atoms with van der Waals surface area (Å²) in [6, 6.07) is 8.77. The van der Waals surface area contributed by atoms with Crippen LogP contribution in [0, 0.1) is 6.92 Å². The smallest absolute Gasteiger partial charge is 0.279 e. The molecule has 0 aliphatic heterocycles. The molecule has 0 spiro atoms. The van der Waals surface area contributed by atoms with Crippen molar-refractivity contribution in [2.45, 2.75) is 6.92 Å². The molecule has 6 nitrogen and oxygen atoms in total. The number of nitrogens with zero attached hydrogens (tertiary/aromatic N) is 2. The minimum atomic E-state index is -0.400. The van der Waals surface area contributed by atoms with E-state index in [4.69, 9.17) is 8.83 Å².